The van der Waals surface area contributed by atoms with Gasteiger partial charge in [-0.3, -0.25) is 0 Å². The van der Waals surface area contributed by atoms with Gasteiger partial charge in [0.1, 0.15) is 11.6 Å². The van der Waals surface area contributed by atoms with Gasteiger partial charge in [-0.2, -0.15) is 0 Å². The molecule has 2 rings (SSSR count). The molecule has 1 aromatic heterocycles. The fraction of sp³-hybridized carbons (Fsp3) is 0.214. The molecule has 0 spiro atoms. The highest BCUT2D eigenvalue weighted by Gasteiger charge is 2.14. The third-order valence-electron chi connectivity index (χ3n) is 2.84. The van der Waals surface area contributed by atoms with E-state index in [0.29, 0.717) is 0 Å². The van der Waals surface area contributed by atoms with Gasteiger partial charge in [0.25, 0.3) is 0 Å². The Kier molecular flexibility index (Phi) is 4.54. The summed E-state index contributed by atoms with van der Waals surface area (Å²) in [7, 11) is -0.0376. The molecule has 0 radical (unpaired) electrons. The number of aromatic nitrogens is 1. The molecule has 7 heteroatoms. The van der Waals surface area contributed by atoms with Gasteiger partial charge >= 0.3 is 0 Å². The highest BCUT2D eigenvalue weighted by atomic mass is 32.2. The van der Waals surface area contributed by atoms with Crippen LogP contribution in [0.2, 0.25) is 0 Å². The minimum atomic E-state index is -3.74. The van der Waals surface area contributed by atoms with Crippen molar-refractivity contribution in [3.63, 3.8) is 0 Å². The molecule has 0 saturated carbocycles. The number of hydrogen-bond acceptors (Lipinski definition) is 4. The van der Waals surface area contributed by atoms with E-state index in [1.165, 1.54) is 18.2 Å². The van der Waals surface area contributed by atoms with Crippen LogP contribution in [0.4, 0.5) is 10.2 Å². The second-order valence-electron chi connectivity index (χ2n) is 4.70. The van der Waals surface area contributed by atoms with Crippen LogP contribution in [-0.4, -0.2) is 27.5 Å². The number of halogens is 1. The van der Waals surface area contributed by atoms with Crippen LogP contribution in [0.3, 0.4) is 0 Å². The molecule has 0 aliphatic heterocycles. The van der Waals surface area contributed by atoms with E-state index in [1.807, 2.05) is 19.0 Å². The third kappa shape index (κ3) is 3.99. The average Bonchev–Trinajstić information content (AvgIpc) is 2.45. The van der Waals surface area contributed by atoms with E-state index in [2.05, 4.69) is 9.71 Å². The number of benzene rings is 1. The zero-order chi connectivity index (χ0) is 15.5. The quantitative estimate of drug-likeness (QED) is 0.914. The zero-order valence-electron chi connectivity index (χ0n) is 11.7. The van der Waals surface area contributed by atoms with Crippen molar-refractivity contribution in [1.29, 1.82) is 0 Å². The summed E-state index contributed by atoms with van der Waals surface area (Å²) in [5.41, 5.74) is 0.772. The number of nitrogens with zero attached hydrogens (tertiary/aromatic N) is 2. The van der Waals surface area contributed by atoms with Crippen molar-refractivity contribution in [2.45, 2.75) is 11.4 Å². The van der Waals surface area contributed by atoms with Gasteiger partial charge in [-0.05, 0) is 35.9 Å². The summed E-state index contributed by atoms with van der Waals surface area (Å²) in [6, 6.07) is 8.41. The standard InChI is InChI=1S/C14H16FN3O2S/c1-18(2)14-8-11(6-7-16-14)10-17-21(19,20)13-5-3-4-12(15)9-13/h3-9,17H,10H2,1-2H3. The van der Waals surface area contributed by atoms with Gasteiger partial charge in [-0.15, -0.1) is 0 Å². The molecule has 0 amide bonds. The fourth-order valence-electron chi connectivity index (χ4n) is 1.71. The SMILES string of the molecule is CN(C)c1cc(CNS(=O)(=O)c2cccc(F)c2)ccn1. The van der Waals surface area contributed by atoms with Gasteiger partial charge in [0, 0.05) is 26.8 Å². The molecule has 0 aliphatic carbocycles. The summed E-state index contributed by atoms with van der Waals surface area (Å²) in [4.78, 5) is 5.88. The van der Waals surface area contributed by atoms with Crippen LogP contribution < -0.4 is 9.62 Å². The first kappa shape index (κ1) is 15.4. The molecule has 0 saturated heterocycles. The Morgan fingerprint density at radius 2 is 2.00 bits per heavy atom. The first-order valence-corrected chi connectivity index (χ1v) is 7.74. The number of rotatable bonds is 5. The van der Waals surface area contributed by atoms with Gasteiger partial charge in [-0.25, -0.2) is 22.5 Å². The normalized spacial score (nSPS) is 11.4. The van der Waals surface area contributed by atoms with Crippen LogP contribution >= 0.6 is 0 Å². The van der Waals surface area contributed by atoms with Gasteiger partial charge in [0.15, 0.2) is 0 Å². The van der Waals surface area contributed by atoms with Crippen LogP contribution in [0.5, 0.6) is 0 Å². The lowest BCUT2D eigenvalue weighted by Gasteiger charge is -2.12. The molecule has 112 valence electrons. The maximum absolute atomic E-state index is 13.1. The first-order valence-electron chi connectivity index (χ1n) is 6.26. The van der Waals surface area contributed by atoms with E-state index >= 15 is 0 Å². The zero-order valence-corrected chi connectivity index (χ0v) is 12.6. The highest BCUT2D eigenvalue weighted by Crippen LogP contribution is 2.13. The third-order valence-corrected chi connectivity index (χ3v) is 4.24. The van der Waals surface area contributed by atoms with Gasteiger partial charge in [0.2, 0.25) is 10.0 Å². The van der Waals surface area contributed by atoms with Gasteiger partial charge < -0.3 is 4.90 Å². The molecular formula is C14H16FN3O2S. The van der Waals surface area contributed by atoms with Crippen molar-refractivity contribution < 1.29 is 12.8 Å². The summed E-state index contributed by atoms with van der Waals surface area (Å²) in [6.45, 7) is 0.113. The Hall–Kier alpha value is -1.99. The minimum Gasteiger partial charge on any atom is -0.363 e. The van der Waals surface area contributed by atoms with Gasteiger partial charge in [-0.1, -0.05) is 6.07 Å². The van der Waals surface area contributed by atoms with Gasteiger partial charge in [0.05, 0.1) is 4.90 Å². The molecule has 0 bridgehead atoms. The summed E-state index contributed by atoms with van der Waals surface area (Å²) < 4.78 is 39.7. The lowest BCUT2D eigenvalue weighted by Crippen LogP contribution is -2.23. The van der Waals surface area contributed by atoms with Crippen molar-refractivity contribution in [2.75, 3.05) is 19.0 Å². The maximum atomic E-state index is 13.1. The van der Waals surface area contributed by atoms with Crippen LogP contribution in [0.1, 0.15) is 5.56 Å². The molecule has 1 aromatic carbocycles. The fourth-order valence-corrected chi connectivity index (χ4v) is 2.76. The molecule has 2 aromatic rings. The second-order valence-corrected chi connectivity index (χ2v) is 6.47. The number of sulfonamides is 1. The van der Waals surface area contributed by atoms with Crippen molar-refractivity contribution in [3.05, 3.63) is 54.0 Å². The van der Waals surface area contributed by atoms with Crippen LogP contribution in [0, 0.1) is 5.82 Å². The average molecular weight is 309 g/mol. The Bertz CT molecular complexity index is 733. The van der Waals surface area contributed by atoms with E-state index in [1.54, 1.807) is 18.3 Å². The van der Waals surface area contributed by atoms with Crippen molar-refractivity contribution in [3.8, 4) is 0 Å². The Labute approximate surface area is 123 Å². The Balaban J connectivity index is 2.14. The van der Waals surface area contributed by atoms with Crippen LogP contribution in [-0.2, 0) is 16.6 Å². The van der Waals surface area contributed by atoms with E-state index in [9.17, 15) is 12.8 Å². The molecule has 0 atom stereocenters. The lowest BCUT2D eigenvalue weighted by molar-refractivity contribution is 0.577. The number of nitrogens with one attached hydrogen (secondary N) is 1. The summed E-state index contributed by atoms with van der Waals surface area (Å²) in [5, 5.41) is 0. The number of hydrogen-bond donors (Lipinski definition) is 1. The van der Waals surface area contributed by atoms with Crippen molar-refractivity contribution >= 4 is 15.8 Å². The summed E-state index contributed by atoms with van der Waals surface area (Å²) >= 11 is 0. The largest absolute Gasteiger partial charge is 0.363 e. The molecule has 0 fully saturated rings. The molecule has 1 heterocycles. The van der Waals surface area contributed by atoms with E-state index < -0.39 is 15.8 Å². The molecule has 1 N–H and O–H groups in total. The molecule has 0 unspecified atom stereocenters. The minimum absolute atomic E-state index is 0.0932. The Morgan fingerprint density at radius 1 is 1.24 bits per heavy atom. The molecule has 21 heavy (non-hydrogen) atoms. The van der Waals surface area contributed by atoms with E-state index in [0.717, 1.165) is 17.4 Å². The second kappa shape index (κ2) is 6.19. The topological polar surface area (TPSA) is 62.3 Å². The van der Waals surface area contributed by atoms with Crippen LogP contribution in [0.15, 0.2) is 47.5 Å². The molecular weight excluding hydrogens is 293 g/mol. The molecule has 0 aliphatic rings. The predicted molar refractivity (Wildman–Crippen MR) is 79.0 cm³/mol. The lowest BCUT2D eigenvalue weighted by atomic mass is 10.2. The predicted octanol–water partition coefficient (Wildman–Crippen LogP) is 1.77. The van der Waals surface area contributed by atoms with E-state index in [4.69, 9.17) is 0 Å². The van der Waals surface area contributed by atoms with Crippen molar-refractivity contribution in [1.82, 2.24) is 9.71 Å². The number of pyridine rings is 1. The summed E-state index contributed by atoms with van der Waals surface area (Å²) in [6.07, 6.45) is 1.61. The van der Waals surface area contributed by atoms with E-state index in [-0.39, 0.29) is 11.4 Å². The van der Waals surface area contributed by atoms with Crippen LogP contribution in [0.25, 0.3) is 0 Å². The smallest absolute Gasteiger partial charge is 0.240 e. The monoisotopic (exact) mass is 309 g/mol. The first-order chi connectivity index (χ1) is 9.88. The highest BCUT2D eigenvalue weighted by molar-refractivity contribution is 7.89. The Morgan fingerprint density at radius 3 is 2.67 bits per heavy atom. The van der Waals surface area contributed by atoms with Crippen molar-refractivity contribution in [2.24, 2.45) is 0 Å². The number of anilines is 1. The summed E-state index contributed by atoms with van der Waals surface area (Å²) in [5.74, 6) is 0.147. The maximum Gasteiger partial charge on any atom is 0.240 e. The molecule has 5 nitrogen and oxygen atoms in total.